The van der Waals surface area contributed by atoms with Gasteiger partial charge in [-0.05, 0) is 28.5 Å². The van der Waals surface area contributed by atoms with Crippen molar-refractivity contribution in [3.8, 4) is 0 Å². The second kappa shape index (κ2) is 7.22. The van der Waals surface area contributed by atoms with E-state index in [0.29, 0.717) is 12.3 Å². The first kappa shape index (κ1) is 16.7. The first-order valence-corrected chi connectivity index (χ1v) is 9.47. The average Bonchev–Trinajstić information content (AvgIpc) is 2.99. The van der Waals surface area contributed by atoms with Crippen molar-refractivity contribution in [3.05, 3.63) is 72.3 Å². The van der Waals surface area contributed by atoms with Crippen molar-refractivity contribution in [2.45, 2.75) is 18.1 Å². The zero-order chi connectivity index (χ0) is 17.9. The Morgan fingerprint density at radius 2 is 1.77 bits per heavy atom. The van der Waals surface area contributed by atoms with Crippen LogP contribution in [0.2, 0.25) is 0 Å². The largest absolute Gasteiger partial charge is 0.481 e. The summed E-state index contributed by atoms with van der Waals surface area (Å²) in [4.78, 5) is 15.6. The number of aliphatic carboxylic acids is 1. The molecule has 5 heteroatoms. The Balaban J connectivity index is 1.75. The van der Waals surface area contributed by atoms with E-state index in [0.717, 1.165) is 16.2 Å². The van der Waals surface area contributed by atoms with Gasteiger partial charge in [0.15, 0.2) is 5.16 Å². The number of thioether (sulfide) groups is 1. The zero-order valence-electron chi connectivity index (χ0n) is 14.1. The van der Waals surface area contributed by atoms with Gasteiger partial charge in [0.25, 0.3) is 0 Å². The molecule has 0 saturated heterocycles. The van der Waals surface area contributed by atoms with Gasteiger partial charge in [-0.1, -0.05) is 66.4 Å². The SMILES string of the molecule is O=C(O)CCSc1nc2ccccc2n1Cc1cccc2ccccc12. The number of fused-ring (bicyclic) bond motifs is 2. The molecular weight excluding hydrogens is 344 g/mol. The summed E-state index contributed by atoms with van der Waals surface area (Å²) in [6, 6.07) is 22.7. The van der Waals surface area contributed by atoms with Gasteiger partial charge in [-0.25, -0.2) is 4.98 Å². The Labute approximate surface area is 155 Å². The number of nitrogens with zero attached hydrogens (tertiary/aromatic N) is 2. The van der Waals surface area contributed by atoms with Crippen molar-refractivity contribution in [2.75, 3.05) is 5.75 Å². The van der Waals surface area contributed by atoms with Crippen LogP contribution in [0.5, 0.6) is 0 Å². The molecule has 4 rings (SSSR count). The van der Waals surface area contributed by atoms with E-state index >= 15 is 0 Å². The van der Waals surface area contributed by atoms with Gasteiger partial charge in [0.05, 0.1) is 24.0 Å². The van der Waals surface area contributed by atoms with Gasteiger partial charge in [-0.2, -0.15) is 0 Å². The molecule has 0 fully saturated rings. The summed E-state index contributed by atoms with van der Waals surface area (Å²) < 4.78 is 2.18. The molecule has 1 aromatic heterocycles. The minimum absolute atomic E-state index is 0.127. The molecular formula is C21H18N2O2S. The first-order chi connectivity index (χ1) is 12.7. The number of aromatic nitrogens is 2. The Bertz CT molecular complexity index is 1080. The highest BCUT2D eigenvalue weighted by molar-refractivity contribution is 7.99. The molecule has 0 atom stereocenters. The molecule has 130 valence electrons. The summed E-state index contributed by atoms with van der Waals surface area (Å²) in [5.41, 5.74) is 3.23. The van der Waals surface area contributed by atoms with Gasteiger partial charge in [0.1, 0.15) is 0 Å². The monoisotopic (exact) mass is 362 g/mol. The van der Waals surface area contributed by atoms with E-state index in [-0.39, 0.29) is 6.42 Å². The molecule has 1 heterocycles. The van der Waals surface area contributed by atoms with Crippen LogP contribution in [0.3, 0.4) is 0 Å². The fourth-order valence-corrected chi connectivity index (χ4v) is 4.09. The van der Waals surface area contributed by atoms with Crippen molar-refractivity contribution in [1.29, 1.82) is 0 Å². The maximum atomic E-state index is 10.8. The number of imidazole rings is 1. The van der Waals surface area contributed by atoms with E-state index in [4.69, 9.17) is 10.1 Å². The molecule has 0 aliphatic heterocycles. The van der Waals surface area contributed by atoms with Crippen molar-refractivity contribution < 1.29 is 9.90 Å². The smallest absolute Gasteiger partial charge is 0.304 e. The Kier molecular flexibility index (Phi) is 4.63. The zero-order valence-corrected chi connectivity index (χ0v) is 14.9. The van der Waals surface area contributed by atoms with E-state index in [1.54, 1.807) is 0 Å². The number of carbonyl (C=O) groups is 1. The van der Waals surface area contributed by atoms with E-state index in [2.05, 4.69) is 47.0 Å². The first-order valence-electron chi connectivity index (χ1n) is 8.49. The minimum Gasteiger partial charge on any atom is -0.481 e. The maximum Gasteiger partial charge on any atom is 0.304 e. The van der Waals surface area contributed by atoms with E-state index < -0.39 is 5.97 Å². The molecule has 0 unspecified atom stereocenters. The summed E-state index contributed by atoms with van der Waals surface area (Å²) in [5, 5.41) is 12.2. The average molecular weight is 362 g/mol. The lowest BCUT2D eigenvalue weighted by Gasteiger charge is -2.11. The molecule has 0 radical (unpaired) electrons. The highest BCUT2D eigenvalue weighted by atomic mass is 32.2. The Morgan fingerprint density at radius 1 is 1.00 bits per heavy atom. The quantitative estimate of drug-likeness (QED) is 0.500. The molecule has 26 heavy (non-hydrogen) atoms. The summed E-state index contributed by atoms with van der Waals surface area (Å²) >= 11 is 1.50. The van der Waals surface area contributed by atoms with Crippen LogP contribution in [-0.2, 0) is 11.3 Å². The van der Waals surface area contributed by atoms with E-state index in [1.165, 1.54) is 28.1 Å². The molecule has 4 aromatic rings. The normalized spacial score (nSPS) is 11.2. The van der Waals surface area contributed by atoms with Gasteiger partial charge in [0, 0.05) is 5.75 Å². The van der Waals surface area contributed by atoms with Crippen LogP contribution in [-0.4, -0.2) is 26.4 Å². The van der Waals surface area contributed by atoms with E-state index in [1.807, 2.05) is 24.3 Å². The molecule has 0 aliphatic rings. The number of carboxylic acid groups (broad SMARTS) is 1. The molecule has 3 aromatic carbocycles. The van der Waals surface area contributed by atoms with Gasteiger partial charge in [-0.15, -0.1) is 0 Å². The molecule has 0 spiro atoms. The van der Waals surface area contributed by atoms with Crippen LogP contribution in [0.15, 0.2) is 71.9 Å². The number of benzene rings is 3. The van der Waals surface area contributed by atoms with Gasteiger partial charge < -0.3 is 9.67 Å². The topological polar surface area (TPSA) is 55.1 Å². The standard InChI is InChI=1S/C21H18N2O2S/c24-20(25)12-13-26-21-22-18-10-3-4-11-19(18)23(21)14-16-8-5-7-15-6-1-2-9-17(15)16/h1-11H,12-14H2,(H,24,25). The highest BCUT2D eigenvalue weighted by Gasteiger charge is 2.13. The van der Waals surface area contributed by atoms with Crippen LogP contribution in [0.1, 0.15) is 12.0 Å². The van der Waals surface area contributed by atoms with Crippen molar-refractivity contribution >= 4 is 39.5 Å². The molecule has 0 bridgehead atoms. The number of para-hydroxylation sites is 2. The predicted octanol–water partition coefficient (Wildman–Crippen LogP) is 4.80. The lowest BCUT2D eigenvalue weighted by molar-refractivity contribution is -0.136. The third kappa shape index (κ3) is 3.30. The second-order valence-corrected chi connectivity index (χ2v) is 7.16. The minimum atomic E-state index is -0.783. The van der Waals surface area contributed by atoms with Crippen molar-refractivity contribution in [3.63, 3.8) is 0 Å². The second-order valence-electron chi connectivity index (χ2n) is 6.10. The van der Waals surface area contributed by atoms with Crippen LogP contribution in [0.25, 0.3) is 21.8 Å². The fraction of sp³-hybridized carbons (Fsp3) is 0.143. The molecule has 1 N–H and O–H groups in total. The Morgan fingerprint density at radius 3 is 2.65 bits per heavy atom. The third-order valence-electron chi connectivity index (χ3n) is 4.38. The van der Waals surface area contributed by atoms with Gasteiger partial charge in [0.2, 0.25) is 0 Å². The van der Waals surface area contributed by atoms with Crippen LogP contribution in [0.4, 0.5) is 0 Å². The molecule has 0 aliphatic carbocycles. The third-order valence-corrected chi connectivity index (χ3v) is 5.35. The molecule has 0 amide bonds. The Hall–Kier alpha value is -2.79. The summed E-state index contributed by atoms with van der Waals surface area (Å²) in [7, 11) is 0. The molecule has 0 saturated carbocycles. The van der Waals surface area contributed by atoms with Gasteiger partial charge in [-0.3, -0.25) is 4.79 Å². The lowest BCUT2D eigenvalue weighted by atomic mass is 10.0. The van der Waals surface area contributed by atoms with Crippen LogP contribution in [0, 0.1) is 0 Å². The number of carboxylic acids is 1. The van der Waals surface area contributed by atoms with Crippen LogP contribution < -0.4 is 0 Å². The van der Waals surface area contributed by atoms with Gasteiger partial charge >= 0.3 is 5.97 Å². The summed E-state index contributed by atoms with van der Waals surface area (Å²) in [5.74, 6) is -0.275. The van der Waals surface area contributed by atoms with Crippen LogP contribution >= 0.6 is 11.8 Å². The van der Waals surface area contributed by atoms with Crippen molar-refractivity contribution in [1.82, 2.24) is 9.55 Å². The number of rotatable bonds is 6. The number of hydrogen-bond donors (Lipinski definition) is 1. The maximum absolute atomic E-state index is 10.8. The molecule has 4 nitrogen and oxygen atoms in total. The van der Waals surface area contributed by atoms with Crippen molar-refractivity contribution in [2.24, 2.45) is 0 Å². The number of hydrogen-bond acceptors (Lipinski definition) is 3. The summed E-state index contributed by atoms with van der Waals surface area (Å²) in [6.07, 6.45) is 0.127. The highest BCUT2D eigenvalue weighted by Crippen LogP contribution is 2.27. The summed E-state index contributed by atoms with van der Waals surface area (Å²) in [6.45, 7) is 0.706. The predicted molar refractivity (Wildman–Crippen MR) is 106 cm³/mol. The lowest BCUT2D eigenvalue weighted by Crippen LogP contribution is -2.03. The van der Waals surface area contributed by atoms with E-state index in [9.17, 15) is 4.79 Å². The fourth-order valence-electron chi connectivity index (χ4n) is 3.15.